The van der Waals surface area contributed by atoms with Crippen LogP contribution in [0.1, 0.15) is 24.4 Å². The van der Waals surface area contributed by atoms with E-state index in [0.717, 1.165) is 33.0 Å². The lowest BCUT2D eigenvalue weighted by atomic mass is 10.2. The van der Waals surface area contributed by atoms with Crippen molar-refractivity contribution in [3.05, 3.63) is 59.6 Å². The van der Waals surface area contributed by atoms with Gasteiger partial charge in [-0.3, -0.25) is 4.98 Å². The third-order valence-corrected chi connectivity index (χ3v) is 4.67. The van der Waals surface area contributed by atoms with Crippen LogP contribution in [-0.4, -0.2) is 29.5 Å². The zero-order valence-corrected chi connectivity index (χ0v) is 14.1. The summed E-state index contributed by atoms with van der Waals surface area (Å²) in [6.07, 6.45) is 9.59. The van der Waals surface area contributed by atoms with Crippen LogP contribution in [0.4, 0.5) is 0 Å². The summed E-state index contributed by atoms with van der Waals surface area (Å²) in [7, 11) is 0. The first-order chi connectivity index (χ1) is 12.3. The molecule has 1 aromatic carbocycles. The van der Waals surface area contributed by atoms with Crippen molar-refractivity contribution in [1.29, 1.82) is 0 Å². The van der Waals surface area contributed by atoms with Crippen LogP contribution >= 0.6 is 11.6 Å². The standard InChI is InChI=1S/C18H15ClN6/c19-14-1-4-16-17(8-14)25(15-2-3-15)18(22-16)13-7-12(9-20-10-13)11-24-6-5-21-23-24/h1,4-10,15H,2-3,11H2. The van der Waals surface area contributed by atoms with Crippen LogP contribution in [0.5, 0.6) is 0 Å². The number of nitrogens with zero attached hydrogens (tertiary/aromatic N) is 6. The lowest BCUT2D eigenvalue weighted by molar-refractivity contribution is 0.648. The maximum absolute atomic E-state index is 6.21. The summed E-state index contributed by atoms with van der Waals surface area (Å²) in [5.41, 5.74) is 4.13. The fraction of sp³-hybridized carbons (Fsp3) is 0.222. The predicted molar refractivity (Wildman–Crippen MR) is 95.4 cm³/mol. The van der Waals surface area contributed by atoms with Crippen LogP contribution in [0.2, 0.25) is 5.02 Å². The maximum atomic E-state index is 6.21. The first kappa shape index (κ1) is 14.6. The van der Waals surface area contributed by atoms with Crippen LogP contribution in [0.25, 0.3) is 22.4 Å². The number of hydrogen-bond donors (Lipinski definition) is 0. The highest BCUT2D eigenvalue weighted by atomic mass is 35.5. The smallest absolute Gasteiger partial charge is 0.142 e. The van der Waals surface area contributed by atoms with E-state index in [-0.39, 0.29) is 0 Å². The number of aromatic nitrogens is 6. The minimum Gasteiger partial charge on any atom is -0.321 e. The molecule has 1 aliphatic carbocycles. The van der Waals surface area contributed by atoms with E-state index < -0.39 is 0 Å². The molecule has 7 heteroatoms. The van der Waals surface area contributed by atoms with Crippen molar-refractivity contribution in [2.45, 2.75) is 25.4 Å². The van der Waals surface area contributed by atoms with Crippen LogP contribution in [-0.2, 0) is 6.54 Å². The molecule has 1 aliphatic rings. The van der Waals surface area contributed by atoms with Gasteiger partial charge in [0, 0.05) is 35.2 Å². The number of imidazole rings is 1. The van der Waals surface area contributed by atoms with E-state index in [4.69, 9.17) is 16.6 Å². The van der Waals surface area contributed by atoms with E-state index in [9.17, 15) is 0 Å². The molecule has 0 radical (unpaired) electrons. The van der Waals surface area contributed by atoms with Crippen molar-refractivity contribution in [3.8, 4) is 11.4 Å². The molecule has 124 valence electrons. The molecule has 3 aromatic heterocycles. The average molecular weight is 351 g/mol. The summed E-state index contributed by atoms with van der Waals surface area (Å²) < 4.78 is 4.09. The molecule has 0 N–H and O–H groups in total. The first-order valence-electron chi connectivity index (χ1n) is 8.24. The molecule has 25 heavy (non-hydrogen) atoms. The van der Waals surface area contributed by atoms with Gasteiger partial charge in [0.25, 0.3) is 0 Å². The van der Waals surface area contributed by atoms with E-state index in [1.54, 1.807) is 10.9 Å². The minimum absolute atomic E-state index is 0.498. The Balaban J connectivity index is 1.62. The van der Waals surface area contributed by atoms with E-state index >= 15 is 0 Å². The van der Waals surface area contributed by atoms with Crippen LogP contribution in [0, 0.1) is 0 Å². The van der Waals surface area contributed by atoms with Crippen molar-refractivity contribution in [3.63, 3.8) is 0 Å². The van der Waals surface area contributed by atoms with E-state index in [0.29, 0.717) is 12.6 Å². The maximum Gasteiger partial charge on any atom is 0.142 e. The number of fused-ring (bicyclic) bond motifs is 1. The molecule has 0 spiro atoms. The fourth-order valence-corrected chi connectivity index (χ4v) is 3.34. The van der Waals surface area contributed by atoms with Crippen molar-refractivity contribution < 1.29 is 0 Å². The topological polar surface area (TPSA) is 61.4 Å². The summed E-state index contributed by atoms with van der Waals surface area (Å²) in [5.74, 6) is 0.952. The average Bonchev–Trinajstić information content (AvgIpc) is 3.19. The molecule has 3 heterocycles. The van der Waals surface area contributed by atoms with Crippen molar-refractivity contribution in [2.24, 2.45) is 0 Å². The Morgan fingerprint density at radius 2 is 2.08 bits per heavy atom. The summed E-state index contributed by atoms with van der Waals surface area (Å²) in [4.78, 5) is 9.26. The highest BCUT2D eigenvalue weighted by Crippen LogP contribution is 2.41. The monoisotopic (exact) mass is 350 g/mol. The normalized spacial score (nSPS) is 14.3. The summed E-state index contributed by atoms with van der Waals surface area (Å²) in [6, 6.07) is 8.48. The summed E-state index contributed by atoms with van der Waals surface area (Å²) in [5, 5.41) is 8.60. The van der Waals surface area contributed by atoms with Gasteiger partial charge in [0.2, 0.25) is 0 Å². The molecule has 0 atom stereocenters. The van der Waals surface area contributed by atoms with Gasteiger partial charge >= 0.3 is 0 Å². The number of benzene rings is 1. The zero-order chi connectivity index (χ0) is 16.8. The van der Waals surface area contributed by atoms with Crippen molar-refractivity contribution in [2.75, 3.05) is 0 Å². The van der Waals surface area contributed by atoms with Gasteiger partial charge in [-0.1, -0.05) is 16.8 Å². The van der Waals surface area contributed by atoms with Crippen molar-refractivity contribution in [1.82, 2.24) is 29.5 Å². The molecule has 0 saturated heterocycles. The Bertz CT molecular complexity index is 1050. The third kappa shape index (κ3) is 2.68. The van der Waals surface area contributed by atoms with Gasteiger partial charge in [0.05, 0.1) is 23.8 Å². The van der Waals surface area contributed by atoms with Gasteiger partial charge < -0.3 is 4.57 Å². The SMILES string of the molecule is Clc1ccc2nc(-c3cncc(Cn4ccnn4)c3)n(C3CC3)c2c1. The number of halogens is 1. The molecule has 6 nitrogen and oxygen atoms in total. The second-order valence-electron chi connectivity index (χ2n) is 6.35. The first-order valence-corrected chi connectivity index (χ1v) is 8.61. The Kier molecular flexibility index (Phi) is 3.31. The molecule has 0 unspecified atom stereocenters. The fourth-order valence-electron chi connectivity index (χ4n) is 3.17. The molecule has 0 amide bonds. The molecule has 1 fully saturated rings. The van der Waals surface area contributed by atoms with Gasteiger partial charge in [-0.05, 0) is 42.7 Å². The molecule has 5 rings (SSSR count). The second-order valence-corrected chi connectivity index (χ2v) is 6.79. The highest BCUT2D eigenvalue weighted by Gasteiger charge is 2.29. The number of hydrogen-bond acceptors (Lipinski definition) is 4. The molecule has 1 saturated carbocycles. The molecular formula is C18H15ClN6. The largest absolute Gasteiger partial charge is 0.321 e. The predicted octanol–water partition coefficient (Wildman–Crippen LogP) is 3.73. The zero-order valence-electron chi connectivity index (χ0n) is 13.4. The number of rotatable bonds is 4. The van der Waals surface area contributed by atoms with Gasteiger partial charge in [-0.25, -0.2) is 9.67 Å². The Labute approximate surface area is 149 Å². The van der Waals surface area contributed by atoms with E-state index in [2.05, 4.69) is 25.9 Å². The highest BCUT2D eigenvalue weighted by molar-refractivity contribution is 6.31. The number of pyridine rings is 1. The third-order valence-electron chi connectivity index (χ3n) is 4.43. The lowest BCUT2D eigenvalue weighted by Crippen LogP contribution is -2.02. The second kappa shape index (κ2) is 5.67. The van der Waals surface area contributed by atoms with Gasteiger partial charge in [0.1, 0.15) is 5.82 Å². The molecule has 0 aliphatic heterocycles. The van der Waals surface area contributed by atoms with Gasteiger partial charge in [0.15, 0.2) is 0 Å². The van der Waals surface area contributed by atoms with E-state index in [1.807, 2.05) is 36.8 Å². The summed E-state index contributed by atoms with van der Waals surface area (Å²) >= 11 is 6.21. The Morgan fingerprint density at radius 1 is 1.16 bits per heavy atom. The molecular weight excluding hydrogens is 336 g/mol. The minimum atomic E-state index is 0.498. The van der Waals surface area contributed by atoms with Crippen LogP contribution in [0.3, 0.4) is 0 Å². The Morgan fingerprint density at radius 3 is 2.88 bits per heavy atom. The quantitative estimate of drug-likeness (QED) is 0.562. The summed E-state index contributed by atoms with van der Waals surface area (Å²) in [6.45, 7) is 0.635. The van der Waals surface area contributed by atoms with Gasteiger partial charge in [-0.2, -0.15) is 0 Å². The van der Waals surface area contributed by atoms with Crippen LogP contribution in [0.15, 0.2) is 49.1 Å². The molecule has 4 aromatic rings. The molecule has 0 bridgehead atoms. The van der Waals surface area contributed by atoms with E-state index in [1.165, 1.54) is 12.8 Å². The van der Waals surface area contributed by atoms with Crippen LogP contribution < -0.4 is 0 Å². The Hall–Kier alpha value is -2.73. The lowest BCUT2D eigenvalue weighted by Gasteiger charge is -2.09. The van der Waals surface area contributed by atoms with Gasteiger partial charge in [-0.15, -0.1) is 5.10 Å². The van der Waals surface area contributed by atoms with Crippen molar-refractivity contribution >= 4 is 22.6 Å².